The van der Waals surface area contributed by atoms with Crippen LogP contribution in [-0.2, 0) is 6.54 Å². The average molecular weight is 237 g/mol. The molecular formula is C10H11N3O2S. The van der Waals surface area contributed by atoms with E-state index in [4.69, 9.17) is 0 Å². The van der Waals surface area contributed by atoms with Crippen molar-refractivity contribution in [3.05, 3.63) is 51.4 Å². The molecule has 1 aliphatic heterocycles. The number of hydrogen-bond acceptors (Lipinski definition) is 5. The van der Waals surface area contributed by atoms with Gasteiger partial charge in [-0.2, -0.15) is 0 Å². The molecule has 2 heterocycles. The Bertz CT molecular complexity index is 408. The SMILES string of the molecule is O=[N+]([O-])C=C1SCCN1Cc1cccnc1. The highest BCUT2D eigenvalue weighted by atomic mass is 32.2. The molecule has 1 saturated heterocycles. The summed E-state index contributed by atoms with van der Waals surface area (Å²) in [5, 5.41) is 11.2. The zero-order valence-corrected chi connectivity index (χ0v) is 9.39. The van der Waals surface area contributed by atoms with E-state index in [2.05, 4.69) is 4.98 Å². The van der Waals surface area contributed by atoms with Gasteiger partial charge in [0.2, 0.25) is 0 Å². The first kappa shape index (κ1) is 10.9. The van der Waals surface area contributed by atoms with Gasteiger partial charge in [0.15, 0.2) is 0 Å². The van der Waals surface area contributed by atoms with Gasteiger partial charge < -0.3 is 4.90 Å². The normalized spacial score (nSPS) is 18.0. The molecule has 1 aromatic heterocycles. The summed E-state index contributed by atoms with van der Waals surface area (Å²) in [6.45, 7) is 1.53. The van der Waals surface area contributed by atoms with Gasteiger partial charge in [-0.3, -0.25) is 15.1 Å². The molecule has 0 amide bonds. The summed E-state index contributed by atoms with van der Waals surface area (Å²) in [6, 6.07) is 3.84. The molecule has 6 heteroatoms. The number of nitro groups is 1. The van der Waals surface area contributed by atoms with Gasteiger partial charge >= 0.3 is 0 Å². The molecule has 0 aliphatic carbocycles. The molecule has 0 radical (unpaired) electrons. The molecule has 0 saturated carbocycles. The standard InChI is InChI=1S/C10H11N3O2S/c14-13(15)8-10-12(4-5-16-10)7-9-2-1-3-11-6-9/h1-3,6,8H,4-5,7H2. The quantitative estimate of drug-likeness (QED) is 0.591. The maximum absolute atomic E-state index is 10.4. The molecule has 5 nitrogen and oxygen atoms in total. The lowest BCUT2D eigenvalue weighted by atomic mass is 10.3. The van der Waals surface area contributed by atoms with Gasteiger partial charge in [-0.15, -0.1) is 11.8 Å². The minimum absolute atomic E-state index is 0.399. The average Bonchev–Trinajstić information content (AvgIpc) is 2.66. The van der Waals surface area contributed by atoms with E-state index in [0.717, 1.165) is 29.1 Å². The number of thioether (sulfide) groups is 1. The van der Waals surface area contributed by atoms with Crippen LogP contribution in [0.3, 0.4) is 0 Å². The Morgan fingerprint density at radius 3 is 3.25 bits per heavy atom. The Morgan fingerprint density at radius 1 is 1.69 bits per heavy atom. The van der Waals surface area contributed by atoms with Crippen LogP contribution >= 0.6 is 11.8 Å². The van der Waals surface area contributed by atoms with E-state index in [1.54, 1.807) is 12.4 Å². The fourth-order valence-electron chi connectivity index (χ4n) is 1.54. The lowest BCUT2D eigenvalue weighted by Crippen LogP contribution is -2.18. The lowest BCUT2D eigenvalue weighted by molar-refractivity contribution is -0.403. The third-order valence-electron chi connectivity index (χ3n) is 2.23. The number of rotatable bonds is 3. The first-order valence-corrected chi connectivity index (χ1v) is 5.86. The van der Waals surface area contributed by atoms with Gasteiger partial charge in [-0.25, -0.2) is 0 Å². The molecule has 0 unspecified atom stereocenters. The van der Waals surface area contributed by atoms with Crippen LogP contribution in [0.4, 0.5) is 0 Å². The summed E-state index contributed by atoms with van der Waals surface area (Å²) in [5.41, 5.74) is 1.07. The Hall–Kier alpha value is -1.56. The first-order valence-electron chi connectivity index (χ1n) is 4.87. The number of hydrogen-bond donors (Lipinski definition) is 0. The molecule has 0 spiro atoms. The highest BCUT2D eigenvalue weighted by Gasteiger charge is 2.20. The van der Waals surface area contributed by atoms with Crippen molar-refractivity contribution in [3.8, 4) is 0 Å². The van der Waals surface area contributed by atoms with Crippen molar-refractivity contribution < 1.29 is 4.92 Å². The Labute approximate surface area is 97.3 Å². The van der Waals surface area contributed by atoms with E-state index in [0.29, 0.717) is 6.54 Å². The molecule has 16 heavy (non-hydrogen) atoms. The van der Waals surface area contributed by atoms with E-state index >= 15 is 0 Å². The first-order chi connectivity index (χ1) is 7.75. The van der Waals surface area contributed by atoms with Crippen molar-refractivity contribution in [3.63, 3.8) is 0 Å². The van der Waals surface area contributed by atoms with Crippen molar-refractivity contribution >= 4 is 11.8 Å². The third-order valence-corrected chi connectivity index (χ3v) is 3.28. The second-order valence-electron chi connectivity index (χ2n) is 3.38. The molecule has 0 atom stereocenters. The van der Waals surface area contributed by atoms with Crippen LogP contribution < -0.4 is 0 Å². The monoisotopic (exact) mass is 237 g/mol. The van der Waals surface area contributed by atoms with Gasteiger partial charge in [-0.1, -0.05) is 6.07 Å². The summed E-state index contributed by atoms with van der Waals surface area (Å²) in [7, 11) is 0. The number of pyridine rings is 1. The zero-order valence-electron chi connectivity index (χ0n) is 8.57. The predicted molar refractivity (Wildman–Crippen MR) is 62.2 cm³/mol. The fraction of sp³-hybridized carbons (Fsp3) is 0.300. The van der Waals surface area contributed by atoms with Gasteiger partial charge in [-0.05, 0) is 11.6 Å². The van der Waals surface area contributed by atoms with Crippen molar-refractivity contribution in [1.29, 1.82) is 0 Å². The Kier molecular flexibility index (Phi) is 3.40. The second-order valence-corrected chi connectivity index (χ2v) is 4.50. The van der Waals surface area contributed by atoms with Crippen LogP contribution in [0, 0.1) is 10.1 Å². The number of nitrogens with zero attached hydrogens (tertiary/aromatic N) is 3. The van der Waals surface area contributed by atoms with Crippen LogP contribution in [0.5, 0.6) is 0 Å². The smallest absolute Gasteiger partial charge is 0.264 e. The van der Waals surface area contributed by atoms with E-state index in [1.807, 2.05) is 17.0 Å². The molecule has 0 aromatic carbocycles. The van der Waals surface area contributed by atoms with E-state index in [1.165, 1.54) is 11.8 Å². The summed E-state index contributed by atoms with van der Waals surface area (Å²) >= 11 is 1.52. The van der Waals surface area contributed by atoms with Crippen molar-refractivity contribution in [2.75, 3.05) is 12.3 Å². The molecular weight excluding hydrogens is 226 g/mol. The Balaban J connectivity index is 2.07. The van der Waals surface area contributed by atoms with Gasteiger partial charge in [0, 0.05) is 31.2 Å². The summed E-state index contributed by atoms with van der Waals surface area (Å²) in [6.07, 6.45) is 4.58. The molecule has 84 valence electrons. The highest BCUT2D eigenvalue weighted by Crippen LogP contribution is 2.28. The summed E-state index contributed by atoms with van der Waals surface area (Å²) < 4.78 is 0. The van der Waals surface area contributed by atoms with Crippen molar-refractivity contribution in [1.82, 2.24) is 9.88 Å². The van der Waals surface area contributed by atoms with Gasteiger partial charge in [0.1, 0.15) is 5.03 Å². The van der Waals surface area contributed by atoms with Crippen molar-refractivity contribution in [2.24, 2.45) is 0 Å². The maximum atomic E-state index is 10.4. The van der Waals surface area contributed by atoms with Crippen LogP contribution in [-0.4, -0.2) is 27.1 Å². The minimum atomic E-state index is -0.399. The Morgan fingerprint density at radius 2 is 2.56 bits per heavy atom. The fourth-order valence-corrected chi connectivity index (χ4v) is 2.56. The molecule has 0 N–H and O–H groups in total. The molecule has 0 bridgehead atoms. The number of aromatic nitrogens is 1. The summed E-state index contributed by atoms with van der Waals surface area (Å²) in [5.74, 6) is 0.903. The highest BCUT2D eigenvalue weighted by molar-refractivity contribution is 8.03. The van der Waals surface area contributed by atoms with Crippen LogP contribution in [0.15, 0.2) is 35.8 Å². The molecule has 2 rings (SSSR count). The topological polar surface area (TPSA) is 59.3 Å². The van der Waals surface area contributed by atoms with Crippen LogP contribution in [0.25, 0.3) is 0 Å². The third kappa shape index (κ3) is 2.73. The van der Waals surface area contributed by atoms with Crippen LogP contribution in [0.2, 0.25) is 0 Å². The zero-order chi connectivity index (χ0) is 11.4. The van der Waals surface area contributed by atoms with E-state index in [-0.39, 0.29) is 0 Å². The van der Waals surface area contributed by atoms with E-state index in [9.17, 15) is 10.1 Å². The largest absolute Gasteiger partial charge is 0.356 e. The summed E-state index contributed by atoms with van der Waals surface area (Å²) in [4.78, 5) is 16.1. The lowest BCUT2D eigenvalue weighted by Gasteiger charge is -2.16. The van der Waals surface area contributed by atoms with Gasteiger partial charge in [0.25, 0.3) is 6.20 Å². The molecule has 1 aromatic rings. The van der Waals surface area contributed by atoms with Crippen molar-refractivity contribution in [2.45, 2.75) is 6.54 Å². The maximum Gasteiger partial charge on any atom is 0.264 e. The van der Waals surface area contributed by atoms with Crippen LogP contribution in [0.1, 0.15) is 5.56 Å². The second kappa shape index (κ2) is 4.98. The molecule has 1 aliphatic rings. The minimum Gasteiger partial charge on any atom is -0.356 e. The molecule has 1 fully saturated rings. The predicted octanol–water partition coefficient (Wildman–Crippen LogP) is 1.71. The van der Waals surface area contributed by atoms with E-state index < -0.39 is 4.92 Å². The van der Waals surface area contributed by atoms with Gasteiger partial charge in [0.05, 0.1) is 4.92 Å².